The zero-order valence-corrected chi connectivity index (χ0v) is 10.7. The van der Waals surface area contributed by atoms with Crippen molar-refractivity contribution in [2.45, 2.75) is 52.1 Å². The summed E-state index contributed by atoms with van der Waals surface area (Å²) in [6.45, 7) is 6.35. The maximum atomic E-state index is 5.94. The van der Waals surface area contributed by atoms with E-state index < -0.39 is 0 Å². The number of nitrogens with two attached hydrogens (primary N) is 1. The summed E-state index contributed by atoms with van der Waals surface area (Å²) >= 11 is 0. The van der Waals surface area contributed by atoms with E-state index in [2.05, 4.69) is 25.9 Å². The van der Waals surface area contributed by atoms with Crippen LogP contribution in [0.4, 0.5) is 0 Å². The molecule has 2 N–H and O–H groups in total. The summed E-state index contributed by atoms with van der Waals surface area (Å²) in [4.78, 5) is 0. The minimum absolute atomic E-state index is 0.264. The second kappa shape index (κ2) is 5.89. The summed E-state index contributed by atoms with van der Waals surface area (Å²) in [6, 6.07) is 0.622. The zero-order valence-electron chi connectivity index (χ0n) is 10.7. The van der Waals surface area contributed by atoms with Crippen molar-refractivity contribution in [1.82, 2.24) is 9.78 Å². The van der Waals surface area contributed by atoms with Crippen LogP contribution in [0.15, 0.2) is 6.20 Å². The molecule has 16 heavy (non-hydrogen) atoms. The molecule has 92 valence electrons. The molecule has 4 nitrogen and oxygen atoms in total. The van der Waals surface area contributed by atoms with E-state index in [9.17, 15) is 0 Å². The van der Waals surface area contributed by atoms with Crippen molar-refractivity contribution in [2.75, 3.05) is 7.11 Å². The lowest BCUT2D eigenvalue weighted by Crippen LogP contribution is -2.20. The SMILES string of the molecule is CCC(N)CCc1c(OC)cnn1C(C)C. The van der Waals surface area contributed by atoms with E-state index in [1.165, 1.54) is 0 Å². The molecule has 0 spiro atoms. The number of hydrogen-bond donors (Lipinski definition) is 1. The Morgan fingerprint density at radius 3 is 2.69 bits per heavy atom. The molecule has 1 aromatic rings. The van der Waals surface area contributed by atoms with E-state index >= 15 is 0 Å². The summed E-state index contributed by atoms with van der Waals surface area (Å²) in [5, 5.41) is 4.34. The lowest BCUT2D eigenvalue weighted by atomic mass is 10.1. The van der Waals surface area contributed by atoms with Gasteiger partial charge in [-0.3, -0.25) is 4.68 Å². The molecule has 0 aliphatic rings. The first-order valence-corrected chi connectivity index (χ1v) is 5.96. The van der Waals surface area contributed by atoms with Crippen LogP contribution in [-0.2, 0) is 6.42 Å². The Labute approximate surface area is 97.8 Å². The number of rotatable bonds is 6. The Balaban J connectivity index is 2.78. The molecule has 0 saturated heterocycles. The van der Waals surface area contributed by atoms with Crippen LogP contribution in [0.3, 0.4) is 0 Å². The van der Waals surface area contributed by atoms with Gasteiger partial charge in [0.05, 0.1) is 19.0 Å². The highest BCUT2D eigenvalue weighted by atomic mass is 16.5. The summed E-state index contributed by atoms with van der Waals surface area (Å²) in [5.74, 6) is 0.872. The molecule has 1 rings (SSSR count). The Kier molecular flexibility index (Phi) is 4.80. The second-order valence-electron chi connectivity index (χ2n) is 4.40. The van der Waals surface area contributed by atoms with E-state index in [0.717, 1.165) is 30.7 Å². The fourth-order valence-electron chi connectivity index (χ4n) is 1.75. The van der Waals surface area contributed by atoms with Gasteiger partial charge in [-0.2, -0.15) is 5.10 Å². The molecule has 1 heterocycles. The largest absolute Gasteiger partial charge is 0.493 e. The number of ether oxygens (including phenoxy) is 1. The maximum absolute atomic E-state index is 5.94. The normalized spacial score (nSPS) is 13.1. The minimum Gasteiger partial charge on any atom is -0.493 e. The fourth-order valence-corrected chi connectivity index (χ4v) is 1.75. The van der Waals surface area contributed by atoms with Crippen LogP contribution < -0.4 is 10.5 Å². The number of nitrogens with zero attached hydrogens (tertiary/aromatic N) is 2. The molecule has 0 radical (unpaired) electrons. The molecule has 1 atom stereocenters. The predicted molar refractivity (Wildman–Crippen MR) is 65.8 cm³/mol. The maximum Gasteiger partial charge on any atom is 0.159 e. The quantitative estimate of drug-likeness (QED) is 0.807. The van der Waals surface area contributed by atoms with Crippen molar-refractivity contribution in [3.05, 3.63) is 11.9 Å². The average molecular weight is 225 g/mol. The van der Waals surface area contributed by atoms with Crippen LogP contribution in [0.1, 0.15) is 45.3 Å². The smallest absolute Gasteiger partial charge is 0.159 e. The molecule has 0 fully saturated rings. The first-order valence-electron chi connectivity index (χ1n) is 5.96. The van der Waals surface area contributed by atoms with Gasteiger partial charge in [0.2, 0.25) is 0 Å². The lowest BCUT2D eigenvalue weighted by Gasteiger charge is -2.14. The Bertz CT molecular complexity index is 320. The molecular formula is C12H23N3O. The third kappa shape index (κ3) is 2.98. The van der Waals surface area contributed by atoms with Crippen molar-refractivity contribution < 1.29 is 4.74 Å². The van der Waals surface area contributed by atoms with Gasteiger partial charge >= 0.3 is 0 Å². The highest BCUT2D eigenvalue weighted by Gasteiger charge is 2.14. The molecule has 0 aliphatic carbocycles. The van der Waals surface area contributed by atoms with Crippen molar-refractivity contribution in [1.29, 1.82) is 0 Å². The Hall–Kier alpha value is -1.03. The van der Waals surface area contributed by atoms with Crippen LogP contribution in [0.25, 0.3) is 0 Å². The highest BCUT2D eigenvalue weighted by molar-refractivity contribution is 5.25. The van der Waals surface area contributed by atoms with E-state index in [-0.39, 0.29) is 6.04 Å². The van der Waals surface area contributed by atoms with Crippen molar-refractivity contribution in [3.8, 4) is 5.75 Å². The first-order chi connectivity index (χ1) is 7.60. The molecule has 0 aliphatic heterocycles. The molecule has 1 unspecified atom stereocenters. The van der Waals surface area contributed by atoms with Crippen LogP contribution >= 0.6 is 0 Å². The lowest BCUT2D eigenvalue weighted by molar-refractivity contribution is 0.401. The molecule has 0 bridgehead atoms. The minimum atomic E-state index is 0.264. The van der Waals surface area contributed by atoms with E-state index in [1.807, 2.05) is 4.68 Å². The molecule has 1 aromatic heterocycles. The first kappa shape index (κ1) is 13.0. The van der Waals surface area contributed by atoms with Gasteiger partial charge in [-0.1, -0.05) is 6.92 Å². The number of hydrogen-bond acceptors (Lipinski definition) is 3. The second-order valence-corrected chi connectivity index (χ2v) is 4.40. The zero-order chi connectivity index (χ0) is 12.1. The summed E-state index contributed by atoms with van der Waals surface area (Å²) in [7, 11) is 1.69. The fraction of sp³-hybridized carbons (Fsp3) is 0.750. The Morgan fingerprint density at radius 2 is 2.19 bits per heavy atom. The number of aromatic nitrogens is 2. The van der Waals surface area contributed by atoms with Gasteiger partial charge in [0.25, 0.3) is 0 Å². The molecule has 0 amide bonds. The van der Waals surface area contributed by atoms with Crippen LogP contribution in [-0.4, -0.2) is 22.9 Å². The molecule has 0 aromatic carbocycles. The molecular weight excluding hydrogens is 202 g/mol. The monoisotopic (exact) mass is 225 g/mol. The summed E-state index contributed by atoms with van der Waals surface area (Å²) < 4.78 is 7.33. The van der Waals surface area contributed by atoms with Crippen LogP contribution in [0.2, 0.25) is 0 Å². The molecule has 0 saturated carbocycles. The van der Waals surface area contributed by atoms with Crippen molar-refractivity contribution in [3.63, 3.8) is 0 Å². The van der Waals surface area contributed by atoms with E-state index in [0.29, 0.717) is 6.04 Å². The highest BCUT2D eigenvalue weighted by Crippen LogP contribution is 2.22. The van der Waals surface area contributed by atoms with Crippen molar-refractivity contribution in [2.24, 2.45) is 5.73 Å². The third-order valence-corrected chi connectivity index (χ3v) is 2.85. The van der Waals surface area contributed by atoms with Crippen molar-refractivity contribution >= 4 is 0 Å². The Morgan fingerprint density at radius 1 is 1.50 bits per heavy atom. The average Bonchev–Trinajstić information content (AvgIpc) is 2.68. The van der Waals surface area contributed by atoms with Gasteiger partial charge in [-0.15, -0.1) is 0 Å². The van der Waals surface area contributed by atoms with E-state index in [1.54, 1.807) is 13.3 Å². The standard InChI is InChI=1S/C12H23N3O/c1-5-10(13)6-7-11-12(16-4)8-14-15(11)9(2)3/h8-10H,5-7,13H2,1-4H3. The topological polar surface area (TPSA) is 53.1 Å². The van der Waals surface area contributed by atoms with Gasteiger partial charge in [0.1, 0.15) is 0 Å². The number of methoxy groups -OCH3 is 1. The van der Waals surface area contributed by atoms with Gasteiger partial charge in [-0.25, -0.2) is 0 Å². The predicted octanol–water partition coefficient (Wildman–Crippen LogP) is 2.14. The van der Waals surface area contributed by atoms with Gasteiger partial charge < -0.3 is 10.5 Å². The summed E-state index contributed by atoms with van der Waals surface area (Å²) in [6.07, 6.45) is 4.70. The van der Waals surface area contributed by atoms with Crippen LogP contribution in [0.5, 0.6) is 5.75 Å². The third-order valence-electron chi connectivity index (χ3n) is 2.85. The summed E-state index contributed by atoms with van der Waals surface area (Å²) in [5.41, 5.74) is 7.09. The van der Waals surface area contributed by atoms with Crippen LogP contribution in [0, 0.1) is 0 Å². The van der Waals surface area contributed by atoms with E-state index in [4.69, 9.17) is 10.5 Å². The molecule has 4 heteroatoms. The van der Waals surface area contributed by atoms with Gasteiger partial charge in [0.15, 0.2) is 5.75 Å². The van der Waals surface area contributed by atoms with Gasteiger partial charge in [0, 0.05) is 12.1 Å². The van der Waals surface area contributed by atoms with Gasteiger partial charge in [-0.05, 0) is 33.1 Å².